The molecule has 1 N–H and O–H groups in total. The number of rotatable bonds is 5. The molecule has 1 aliphatic carbocycles. The molecule has 1 saturated carbocycles. The van der Waals surface area contributed by atoms with Gasteiger partial charge in [-0.2, -0.15) is 0 Å². The molecule has 8 nitrogen and oxygen atoms in total. The van der Waals surface area contributed by atoms with Gasteiger partial charge >= 0.3 is 0 Å². The Hall–Kier alpha value is -1.78. The van der Waals surface area contributed by atoms with Gasteiger partial charge in [0.25, 0.3) is 0 Å². The highest BCUT2D eigenvalue weighted by molar-refractivity contribution is 7.94. The van der Waals surface area contributed by atoms with Crippen LogP contribution in [0.25, 0.3) is 0 Å². The number of sulfone groups is 1. The number of ether oxygens (including phenoxy) is 1. The minimum Gasteiger partial charge on any atom is -0.378 e. The number of hydrogen-bond donors (Lipinski definition) is 1. The van der Waals surface area contributed by atoms with E-state index >= 15 is 0 Å². The van der Waals surface area contributed by atoms with Crippen LogP contribution in [0.15, 0.2) is 40.1 Å². The average Bonchev–Trinajstić information content (AvgIpc) is 3.31. The number of carbonyl (C=O) groups excluding carboxylic acids is 1. The molecule has 37 heavy (non-hydrogen) atoms. The van der Waals surface area contributed by atoms with Gasteiger partial charge in [0, 0.05) is 31.1 Å². The summed E-state index contributed by atoms with van der Waals surface area (Å²) >= 11 is 0. The number of hydrogen-bond acceptors (Lipinski definition) is 7. The molecule has 9 heteroatoms. The highest BCUT2D eigenvalue weighted by atomic mass is 32.2. The number of nitrogens with one attached hydrogen (secondary N) is 1. The van der Waals surface area contributed by atoms with Gasteiger partial charge in [0.15, 0.2) is 9.84 Å². The molecule has 5 aliphatic rings. The molecule has 3 saturated heterocycles. The molecule has 1 aromatic carbocycles. The van der Waals surface area contributed by atoms with Gasteiger partial charge < -0.3 is 14.5 Å². The van der Waals surface area contributed by atoms with Crippen LogP contribution < -0.4 is 5.43 Å². The summed E-state index contributed by atoms with van der Waals surface area (Å²) in [5.74, 6) is 0.807. The molecule has 3 atom stereocenters. The minimum absolute atomic E-state index is 0.0541. The second-order valence-corrected chi connectivity index (χ2v) is 13.2. The van der Waals surface area contributed by atoms with Gasteiger partial charge in [0.05, 0.1) is 24.2 Å². The maximum absolute atomic E-state index is 13.7. The molecule has 4 aliphatic heterocycles. The molecule has 202 valence electrons. The van der Waals surface area contributed by atoms with Crippen LogP contribution in [0.2, 0.25) is 0 Å². The van der Waals surface area contributed by atoms with Crippen LogP contribution in [0.5, 0.6) is 0 Å². The standard InChI is InChI=1S/C28H40N4O4S/c33-28(31-15-17-36-18-16-31)26-24-20-37(34,35)25-11-5-4-10-23(25)27(24)32(29-26)22-9-6-13-30(19-22)14-12-21-7-2-1-3-8-21/h4-5,10-11,20-22,26-27,29H,1-3,6-9,12-19H2. The molecule has 0 radical (unpaired) electrons. The molecule has 3 unspecified atom stereocenters. The van der Waals surface area contributed by atoms with Crippen LogP contribution in [-0.2, 0) is 19.4 Å². The Morgan fingerprint density at radius 2 is 1.78 bits per heavy atom. The highest BCUT2D eigenvalue weighted by Crippen LogP contribution is 2.45. The summed E-state index contributed by atoms with van der Waals surface area (Å²) in [6.07, 6.45) is 10.3. The lowest BCUT2D eigenvalue weighted by Gasteiger charge is -2.41. The number of fused-ring (bicyclic) bond motifs is 3. The molecule has 0 bridgehead atoms. The zero-order chi connectivity index (χ0) is 25.4. The van der Waals surface area contributed by atoms with Gasteiger partial charge in [-0.25, -0.2) is 18.9 Å². The first kappa shape index (κ1) is 25.5. The maximum Gasteiger partial charge on any atom is 0.245 e. The Labute approximate surface area is 220 Å². The van der Waals surface area contributed by atoms with E-state index in [1.807, 2.05) is 17.0 Å². The predicted octanol–water partition coefficient (Wildman–Crippen LogP) is 2.88. The van der Waals surface area contributed by atoms with Crippen molar-refractivity contribution >= 4 is 15.7 Å². The van der Waals surface area contributed by atoms with Crippen molar-refractivity contribution in [2.75, 3.05) is 45.9 Å². The van der Waals surface area contributed by atoms with E-state index in [1.54, 1.807) is 12.1 Å². The van der Waals surface area contributed by atoms with Crippen LogP contribution in [0, 0.1) is 5.92 Å². The van der Waals surface area contributed by atoms with Gasteiger partial charge in [0.2, 0.25) is 5.91 Å². The number of morpholine rings is 1. The summed E-state index contributed by atoms with van der Waals surface area (Å²) in [5.41, 5.74) is 4.99. The van der Waals surface area contributed by atoms with E-state index in [4.69, 9.17) is 4.74 Å². The van der Waals surface area contributed by atoms with Crippen LogP contribution in [0.4, 0.5) is 0 Å². The lowest BCUT2D eigenvalue weighted by molar-refractivity contribution is -0.137. The topological polar surface area (TPSA) is 82.2 Å². The quantitative estimate of drug-likeness (QED) is 0.629. The normalized spacial score (nSPS) is 31.0. The number of piperidine rings is 1. The smallest absolute Gasteiger partial charge is 0.245 e. The fourth-order valence-corrected chi connectivity index (χ4v) is 8.60. The maximum atomic E-state index is 13.7. The van der Waals surface area contributed by atoms with Crippen LogP contribution >= 0.6 is 0 Å². The van der Waals surface area contributed by atoms with E-state index in [0.717, 1.165) is 44.0 Å². The van der Waals surface area contributed by atoms with Gasteiger partial charge in [-0.3, -0.25) is 4.79 Å². The van der Waals surface area contributed by atoms with E-state index in [2.05, 4.69) is 15.3 Å². The van der Waals surface area contributed by atoms with Crippen LogP contribution in [0.1, 0.15) is 63.0 Å². The summed E-state index contributed by atoms with van der Waals surface area (Å²) in [6, 6.07) is 6.61. The average molecular weight is 529 g/mol. The molecule has 4 heterocycles. The Bertz CT molecular complexity index is 1130. The number of benzene rings is 1. The van der Waals surface area contributed by atoms with Crippen molar-refractivity contribution < 1.29 is 17.9 Å². The fourth-order valence-electron chi connectivity index (χ4n) is 7.07. The third-order valence-corrected chi connectivity index (χ3v) is 10.6. The third kappa shape index (κ3) is 5.13. The number of amides is 1. The summed E-state index contributed by atoms with van der Waals surface area (Å²) in [5, 5.41) is 3.61. The lowest BCUT2D eigenvalue weighted by atomic mass is 9.86. The fraction of sp³-hybridized carbons (Fsp3) is 0.679. The van der Waals surface area contributed by atoms with Crippen molar-refractivity contribution in [2.45, 2.75) is 74.4 Å². The zero-order valence-electron chi connectivity index (χ0n) is 21.7. The second-order valence-electron chi connectivity index (χ2n) is 11.4. The van der Waals surface area contributed by atoms with Crippen LogP contribution in [0.3, 0.4) is 0 Å². The molecule has 1 aromatic rings. The highest BCUT2D eigenvalue weighted by Gasteiger charge is 2.49. The molecule has 6 rings (SSSR count). The molecule has 0 aromatic heterocycles. The number of nitrogens with zero attached hydrogens (tertiary/aromatic N) is 3. The van der Waals surface area contributed by atoms with Crippen molar-refractivity contribution in [3.63, 3.8) is 0 Å². The largest absolute Gasteiger partial charge is 0.378 e. The van der Waals surface area contributed by atoms with Gasteiger partial charge in [-0.15, -0.1) is 0 Å². The summed E-state index contributed by atoms with van der Waals surface area (Å²) in [4.78, 5) is 18.5. The lowest BCUT2D eigenvalue weighted by Crippen LogP contribution is -2.55. The first-order chi connectivity index (χ1) is 18.0. The van der Waals surface area contributed by atoms with Crippen molar-refractivity contribution in [1.82, 2.24) is 20.2 Å². The van der Waals surface area contributed by atoms with Crippen molar-refractivity contribution in [3.05, 3.63) is 40.8 Å². The molecule has 4 fully saturated rings. The zero-order valence-corrected chi connectivity index (χ0v) is 22.5. The van der Waals surface area contributed by atoms with Crippen LogP contribution in [-0.4, -0.2) is 87.2 Å². The van der Waals surface area contributed by atoms with Crippen molar-refractivity contribution in [1.29, 1.82) is 0 Å². The molecule has 1 amide bonds. The van der Waals surface area contributed by atoms with Gasteiger partial charge in [0.1, 0.15) is 6.04 Å². The predicted molar refractivity (Wildman–Crippen MR) is 141 cm³/mol. The first-order valence-electron chi connectivity index (χ1n) is 14.2. The van der Waals surface area contributed by atoms with Gasteiger partial charge in [-0.05, 0) is 55.5 Å². The Balaban J connectivity index is 1.26. The SMILES string of the molecule is O=C(C1NN(C2CCCN(CCC3CCCCC3)C2)C2C1=CS(=O)(=O)c1ccccc12)N1CCOCC1. The monoisotopic (exact) mass is 528 g/mol. The number of hydrazine groups is 1. The number of likely N-dealkylation sites (tertiary alicyclic amines) is 1. The minimum atomic E-state index is -3.61. The Morgan fingerprint density at radius 3 is 2.59 bits per heavy atom. The van der Waals surface area contributed by atoms with E-state index in [1.165, 1.54) is 43.9 Å². The molecular formula is C28H40N4O4S. The second kappa shape index (κ2) is 10.8. The van der Waals surface area contributed by atoms with E-state index in [0.29, 0.717) is 36.8 Å². The third-order valence-electron chi connectivity index (χ3n) is 9.04. The molecular weight excluding hydrogens is 488 g/mol. The summed E-state index contributed by atoms with van der Waals surface area (Å²) in [6.45, 7) is 5.30. The summed E-state index contributed by atoms with van der Waals surface area (Å²) < 4.78 is 32.0. The molecule has 0 spiro atoms. The first-order valence-corrected chi connectivity index (χ1v) is 15.7. The van der Waals surface area contributed by atoms with Crippen molar-refractivity contribution in [2.24, 2.45) is 5.92 Å². The van der Waals surface area contributed by atoms with E-state index < -0.39 is 15.9 Å². The van der Waals surface area contributed by atoms with Crippen molar-refractivity contribution in [3.8, 4) is 0 Å². The number of carbonyl (C=O) groups is 1. The Morgan fingerprint density at radius 1 is 1.00 bits per heavy atom. The van der Waals surface area contributed by atoms with E-state index in [-0.39, 0.29) is 18.0 Å². The van der Waals surface area contributed by atoms with E-state index in [9.17, 15) is 13.2 Å². The summed E-state index contributed by atoms with van der Waals surface area (Å²) in [7, 11) is -3.61. The Kier molecular flexibility index (Phi) is 7.42. The van der Waals surface area contributed by atoms with Gasteiger partial charge in [-0.1, -0.05) is 50.3 Å².